The van der Waals surface area contributed by atoms with Crippen LogP contribution in [-0.2, 0) is 5.88 Å². The van der Waals surface area contributed by atoms with E-state index in [0.29, 0.717) is 28.9 Å². The lowest BCUT2D eigenvalue weighted by Crippen LogP contribution is -2.02. The van der Waals surface area contributed by atoms with Crippen molar-refractivity contribution in [3.63, 3.8) is 0 Å². The molecule has 0 atom stereocenters. The molecule has 5 aromatic rings. The fraction of sp³-hybridized carbons (Fsp3) is 0.0400. The van der Waals surface area contributed by atoms with Gasteiger partial charge in [0, 0.05) is 17.8 Å². The first-order valence-corrected chi connectivity index (χ1v) is 10.4. The summed E-state index contributed by atoms with van der Waals surface area (Å²) >= 11 is 5.98. The van der Waals surface area contributed by atoms with Crippen LogP contribution in [0.5, 0.6) is 0 Å². The zero-order valence-electron chi connectivity index (χ0n) is 16.9. The third-order valence-electron chi connectivity index (χ3n) is 5.20. The van der Waals surface area contributed by atoms with Gasteiger partial charge in [-0.25, -0.2) is 19.8 Å². The zero-order valence-corrected chi connectivity index (χ0v) is 17.7. The number of rotatable bonds is 4. The first-order valence-electron chi connectivity index (χ1n) is 9.91. The zero-order chi connectivity index (χ0) is 22.1. The molecule has 2 N–H and O–H groups in total. The summed E-state index contributed by atoms with van der Waals surface area (Å²) < 4.78 is 1.98. The van der Waals surface area contributed by atoms with Gasteiger partial charge in [0.2, 0.25) is 0 Å². The number of fused-ring (bicyclic) bond motifs is 1. The Labute approximate surface area is 189 Å². The Morgan fingerprint density at radius 3 is 2.56 bits per heavy atom. The number of aromatic nitrogens is 4. The van der Waals surface area contributed by atoms with Crippen molar-refractivity contribution in [2.24, 2.45) is 0 Å². The molecule has 0 bridgehead atoms. The normalized spacial score (nSPS) is 10.9. The van der Waals surface area contributed by atoms with E-state index < -0.39 is 0 Å². The highest BCUT2D eigenvalue weighted by molar-refractivity contribution is 6.17. The molecular weight excluding hydrogens is 420 g/mol. The molecule has 154 valence electrons. The lowest BCUT2D eigenvalue weighted by atomic mass is 10.1. The fourth-order valence-electron chi connectivity index (χ4n) is 3.62. The minimum absolute atomic E-state index is 0.395. The van der Waals surface area contributed by atoms with Crippen LogP contribution in [-0.4, -0.2) is 19.5 Å². The maximum atomic E-state index is 7.30. The van der Waals surface area contributed by atoms with Gasteiger partial charge in [-0.1, -0.05) is 30.3 Å². The van der Waals surface area contributed by atoms with Crippen molar-refractivity contribution in [2.45, 2.75) is 5.88 Å². The topological polar surface area (TPSA) is 74.0 Å². The molecule has 3 heterocycles. The highest BCUT2D eigenvalue weighted by Crippen LogP contribution is 2.32. The standard InChI is InChI=1S/C25H17ClN6/c1-28-18-5-2-4-17(14-18)21-11-12-22-25(30-21)32(19-9-7-16(15-26)8-10-19)24(31-22)20-6-3-13-29-23(20)27/h2-14H,15H2,(H2,27,29). The van der Waals surface area contributed by atoms with Crippen LogP contribution in [0.1, 0.15) is 5.56 Å². The monoisotopic (exact) mass is 436 g/mol. The quantitative estimate of drug-likeness (QED) is 0.276. The van der Waals surface area contributed by atoms with Gasteiger partial charge >= 0.3 is 0 Å². The van der Waals surface area contributed by atoms with E-state index in [1.54, 1.807) is 12.3 Å². The van der Waals surface area contributed by atoms with E-state index in [1.165, 1.54) is 0 Å². The van der Waals surface area contributed by atoms with Gasteiger partial charge in [0.15, 0.2) is 17.2 Å². The van der Waals surface area contributed by atoms with Gasteiger partial charge in [0.1, 0.15) is 11.3 Å². The number of pyridine rings is 2. The molecule has 0 saturated carbocycles. The average molecular weight is 437 g/mol. The summed E-state index contributed by atoms with van der Waals surface area (Å²) in [6, 6.07) is 22.9. The van der Waals surface area contributed by atoms with E-state index in [0.717, 1.165) is 33.6 Å². The molecule has 5 rings (SSSR count). The Morgan fingerprint density at radius 2 is 1.81 bits per heavy atom. The minimum Gasteiger partial charge on any atom is -0.383 e. The first kappa shape index (κ1) is 19.7. The second-order valence-corrected chi connectivity index (χ2v) is 7.48. The van der Waals surface area contributed by atoms with Crippen molar-refractivity contribution in [1.29, 1.82) is 0 Å². The molecular formula is C25H17ClN6. The summed E-state index contributed by atoms with van der Waals surface area (Å²) in [5.74, 6) is 1.49. The molecule has 0 radical (unpaired) electrons. The van der Waals surface area contributed by atoms with E-state index in [1.807, 2.05) is 71.3 Å². The highest BCUT2D eigenvalue weighted by atomic mass is 35.5. The number of hydrogen-bond donors (Lipinski definition) is 1. The number of halogens is 1. The predicted octanol–water partition coefficient (Wildman–Crippen LogP) is 6.02. The van der Waals surface area contributed by atoms with E-state index >= 15 is 0 Å². The van der Waals surface area contributed by atoms with Crippen molar-refractivity contribution < 1.29 is 0 Å². The maximum absolute atomic E-state index is 7.30. The van der Waals surface area contributed by atoms with Gasteiger partial charge in [-0.3, -0.25) is 4.57 Å². The lowest BCUT2D eigenvalue weighted by Gasteiger charge is -2.11. The molecule has 0 aliphatic rings. The Kier molecular flexibility index (Phi) is 5.02. The number of nitrogen functional groups attached to an aromatic ring is 1. The summed E-state index contributed by atoms with van der Waals surface area (Å²) in [4.78, 5) is 17.5. The Balaban J connectivity index is 1.78. The van der Waals surface area contributed by atoms with Gasteiger partial charge in [0.25, 0.3) is 0 Å². The van der Waals surface area contributed by atoms with Gasteiger partial charge in [-0.2, -0.15) is 0 Å². The summed E-state index contributed by atoms with van der Waals surface area (Å²) in [6.45, 7) is 7.30. The van der Waals surface area contributed by atoms with E-state index in [4.69, 9.17) is 33.9 Å². The maximum Gasteiger partial charge on any atom is 0.187 e. The number of hydrogen-bond acceptors (Lipinski definition) is 4. The van der Waals surface area contributed by atoms with E-state index in [9.17, 15) is 0 Å². The molecule has 0 unspecified atom stereocenters. The average Bonchev–Trinajstić information content (AvgIpc) is 3.23. The minimum atomic E-state index is 0.395. The van der Waals surface area contributed by atoms with Crippen molar-refractivity contribution >= 4 is 34.3 Å². The third-order valence-corrected chi connectivity index (χ3v) is 5.51. The van der Waals surface area contributed by atoms with Gasteiger partial charge < -0.3 is 5.73 Å². The molecule has 0 aliphatic carbocycles. The van der Waals surface area contributed by atoms with Crippen LogP contribution in [0.25, 0.3) is 44.3 Å². The Bertz CT molecular complexity index is 1480. The van der Waals surface area contributed by atoms with Gasteiger partial charge in [-0.05, 0) is 53.6 Å². The number of anilines is 1. The summed E-state index contributed by atoms with van der Waals surface area (Å²) in [5.41, 5.74) is 12.4. The molecule has 7 heteroatoms. The second-order valence-electron chi connectivity index (χ2n) is 7.21. The number of imidazole rings is 1. The second kappa shape index (κ2) is 8.14. The van der Waals surface area contributed by atoms with Crippen LogP contribution in [0.15, 0.2) is 79.0 Å². The smallest absolute Gasteiger partial charge is 0.187 e. The van der Waals surface area contributed by atoms with Crippen LogP contribution in [0.3, 0.4) is 0 Å². The van der Waals surface area contributed by atoms with E-state index in [-0.39, 0.29) is 0 Å². The molecule has 0 aliphatic heterocycles. The van der Waals surface area contributed by atoms with Crippen LogP contribution in [0.4, 0.5) is 11.5 Å². The number of nitrogens with two attached hydrogens (primary N) is 1. The molecule has 0 amide bonds. The summed E-state index contributed by atoms with van der Waals surface area (Å²) in [7, 11) is 0. The predicted molar refractivity (Wildman–Crippen MR) is 128 cm³/mol. The van der Waals surface area contributed by atoms with E-state index in [2.05, 4.69) is 9.83 Å². The van der Waals surface area contributed by atoms with Crippen molar-refractivity contribution in [2.75, 3.05) is 5.73 Å². The molecule has 3 aromatic heterocycles. The van der Waals surface area contributed by atoms with Crippen LogP contribution in [0, 0.1) is 6.57 Å². The number of benzene rings is 2. The fourth-order valence-corrected chi connectivity index (χ4v) is 3.80. The molecule has 6 nitrogen and oxygen atoms in total. The number of alkyl halides is 1. The largest absolute Gasteiger partial charge is 0.383 e. The van der Waals surface area contributed by atoms with Crippen molar-refractivity contribution in [3.8, 4) is 28.3 Å². The Hall–Kier alpha value is -4.21. The van der Waals surface area contributed by atoms with Crippen LogP contribution in [0.2, 0.25) is 0 Å². The summed E-state index contributed by atoms with van der Waals surface area (Å²) in [5, 5.41) is 0. The molecule has 0 fully saturated rings. The molecule has 2 aromatic carbocycles. The number of nitrogens with zero attached hydrogens (tertiary/aromatic N) is 5. The van der Waals surface area contributed by atoms with Gasteiger partial charge in [-0.15, -0.1) is 11.6 Å². The van der Waals surface area contributed by atoms with Crippen LogP contribution < -0.4 is 5.73 Å². The first-order chi connectivity index (χ1) is 15.7. The summed E-state index contributed by atoms with van der Waals surface area (Å²) in [6.07, 6.45) is 1.65. The highest BCUT2D eigenvalue weighted by Gasteiger charge is 2.18. The van der Waals surface area contributed by atoms with Crippen molar-refractivity contribution in [3.05, 3.63) is 96.0 Å². The molecule has 0 saturated heterocycles. The third kappa shape index (κ3) is 3.45. The van der Waals surface area contributed by atoms with Gasteiger partial charge in [0.05, 0.1) is 17.8 Å². The SMILES string of the molecule is [C-]#[N+]c1cccc(-c2ccc3nc(-c4cccnc4N)n(-c4ccc(CCl)cc4)c3n2)c1. The Morgan fingerprint density at radius 1 is 0.969 bits per heavy atom. The van der Waals surface area contributed by atoms with Crippen molar-refractivity contribution in [1.82, 2.24) is 19.5 Å². The molecule has 32 heavy (non-hydrogen) atoms. The van der Waals surface area contributed by atoms with Crippen LogP contribution >= 0.6 is 11.6 Å². The lowest BCUT2D eigenvalue weighted by molar-refractivity contribution is 1.07. The molecule has 0 spiro atoms.